The van der Waals surface area contributed by atoms with Crippen molar-refractivity contribution in [2.24, 2.45) is 0 Å². The van der Waals surface area contributed by atoms with Crippen LogP contribution in [-0.2, 0) is 17.9 Å². The fourth-order valence-corrected chi connectivity index (χ4v) is 3.63. The number of furan rings is 2. The van der Waals surface area contributed by atoms with Gasteiger partial charge in [0.25, 0.3) is 5.56 Å². The fourth-order valence-electron chi connectivity index (χ4n) is 2.80. The van der Waals surface area contributed by atoms with Crippen molar-refractivity contribution in [1.29, 1.82) is 0 Å². The average Bonchev–Trinajstić information content (AvgIpc) is 3.42. The summed E-state index contributed by atoms with van der Waals surface area (Å²) >= 11 is 1.21. The number of fused-ring (bicyclic) bond motifs is 1. The van der Waals surface area contributed by atoms with Gasteiger partial charge in [0.1, 0.15) is 17.0 Å². The van der Waals surface area contributed by atoms with Gasteiger partial charge in [0.2, 0.25) is 5.91 Å². The second kappa shape index (κ2) is 7.81. The standard InChI is InChI=1S/C19H18N4O4S/c1-12-8-15-17(21-12)18(25)23(10-14-5-3-7-27-14)19(22-15)28-11-16(24)20-9-13-4-2-6-26-13/h2-8,21H,9-11H2,1H3,(H,20,24). The Balaban J connectivity index is 1.55. The topological polar surface area (TPSA) is 106 Å². The van der Waals surface area contributed by atoms with E-state index in [1.807, 2.05) is 13.0 Å². The van der Waals surface area contributed by atoms with Gasteiger partial charge in [-0.15, -0.1) is 0 Å². The number of H-pyrrole nitrogens is 1. The van der Waals surface area contributed by atoms with Crippen molar-refractivity contribution < 1.29 is 13.6 Å². The Kier molecular flexibility index (Phi) is 5.07. The molecule has 0 atom stereocenters. The Morgan fingerprint density at radius 2 is 2.00 bits per heavy atom. The molecule has 144 valence electrons. The van der Waals surface area contributed by atoms with E-state index >= 15 is 0 Å². The van der Waals surface area contributed by atoms with Crippen molar-refractivity contribution in [1.82, 2.24) is 19.9 Å². The van der Waals surface area contributed by atoms with Crippen LogP contribution < -0.4 is 10.9 Å². The lowest BCUT2D eigenvalue weighted by Crippen LogP contribution is -2.27. The summed E-state index contributed by atoms with van der Waals surface area (Å²) in [6.07, 6.45) is 3.11. The summed E-state index contributed by atoms with van der Waals surface area (Å²) in [4.78, 5) is 32.7. The summed E-state index contributed by atoms with van der Waals surface area (Å²) in [6.45, 7) is 2.42. The Morgan fingerprint density at radius 3 is 2.71 bits per heavy atom. The number of carbonyl (C=O) groups excluding carboxylic acids is 1. The Hall–Kier alpha value is -3.20. The van der Waals surface area contributed by atoms with Crippen molar-refractivity contribution in [3.8, 4) is 0 Å². The number of thioether (sulfide) groups is 1. The first kappa shape index (κ1) is 18.2. The van der Waals surface area contributed by atoms with Gasteiger partial charge in [-0.25, -0.2) is 4.98 Å². The minimum absolute atomic E-state index is 0.125. The molecule has 0 aromatic carbocycles. The zero-order valence-corrected chi connectivity index (χ0v) is 15.9. The van der Waals surface area contributed by atoms with Crippen LogP contribution in [0.4, 0.5) is 0 Å². The summed E-state index contributed by atoms with van der Waals surface area (Å²) in [5.41, 5.74) is 1.67. The summed E-state index contributed by atoms with van der Waals surface area (Å²) in [7, 11) is 0. The second-order valence-electron chi connectivity index (χ2n) is 6.22. The fraction of sp³-hybridized carbons (Fsp3) is 0.211. The smallest absolute Gasteiger partial charge is 0.278 e. The summed E-state index contributed by atoms with van der Waals surface area (Å²) in [5.74, 6) is 1.26. The number of aromatic nitrogens is 3. The number of amides is 1. The number of hydrogen-bond donors (Lipinski definition) is 2. The molecule has 1 amide bonds. The number of aryl methyl sites for hydroxylation is 1. The monoisotopic (exact) mass is 398 g/mol. The molecule has 0 saturated carbocycles. The summed E-state index contributed by atoms with van der Waals surface area (Å²) in [5, 5.41) is 3.24. The van der Waals surface area contributed by atoms with Crippen LogP contribution in [0.2, 0.25) is 0 Å². The van der Waals surface area contributed by atoms with E-state index in [-0.39, 0.29) is 23.8 Å². The molecule has 0 aliphatic heterocycles. The highest BCUT2D eigenvalue weighted by Crippen LogP contribution is 2.19. The van der Waals surface area contributed by atoms with Gasteiger partial charge in [0.05, 0.1) is 36.9 Å². The minimum Gasteiger partial charge on any atom is -0.467 e. The zero-order valence-electron chi connectivity index (χ0n) is 15.1. The molecular formula is C19H18N4O4S. The molecule has 8 nitrogen and oxygen atoms in total. The number of aromatic amines is 1. The van der Waals surface area contributed by atoms with Gasteiger partial charge in [0.15, 0.2) is 5.16 Å². The molecule has 0 saturated heterocycles. The molecule has 4 rings (SSSR count). The molecule has 0 bridgehead atoms. The maximum Gasteiger partial charge on any atom is 0.278 e. The van der Waals surface area contributed by atoms with Gasteiger partial charge in [-0.3, -0.25) is 14.2 Å². The van der Waals surface area contributed by atoms with E-state index in [0.717, 1.165) is 5.69 Å². The number of nitrogens with one attached hydrogen (secondary N) is 2. The van der Waals surface area contributed by atoms with Gasteiger partial charge in [-0.1, -0.05) is 11.8 Å². The third kappa shape index (κ3) is 3.89. The Labute approximate surface area is 163 Å². The summed E-state index contributed by atoms with van der Waals surface area (Å²) in [6, 6.07) is 8.93. The number of hydrogen-bond acceptors (Lipinski definition) is 6. The molecule has 0 spiro atoms. The molecule has 4 aromatic heterocycles. The van der Waals surface area contributed by atoms with Crippen LogP contribution in [0.1, 0.15) is 17.2 Å². The minimum atomic E-state index is -0.201. The molecular weight excluding hydrogens is 380 g/mol. The molecule has 0 unspecified atom stereocenters. The lowest BCUT2D eigenvalue weighted by Gasteiger charge is -2.10. The van der Waals surface area contributed by atoms with E-state index in [1.54, 1.807) is 36.8 Å². The highest BCUT2D eigenvalue weighted by atomic mass is 32.2. The highest BCUT2D eigenvalue weighted by molar-refractivity contribution is 7.99. The van der Waals surface area contributed by atoms with E-state index in [0.29, 0.717) is 34.3 Å². The first-order valence-corrected chi connectivity index (χ1v) is 9.63. The molecule has 4 heterocycles. The Morgan fingerprint density at radius 1 is 1.25 bits per heavy atom. The maximum atomic E-state index is 12.9. The first-order valence-electron chi connectivity index (χ1n) is 8.64. The molecule has 4 aromatic rings. The number of nitrogens with zero attached hydrogens (tertiary/aromatic N) is 2. The second-order valence-corrected chi connectivity index (χ2v) is 7.16. The van der Waals surface area contributed by atoms with Crippen molar-refractivity contribution in [2.75, 3.05) is 5.75 Å². The predicted octanol–water partition coefficient (Wildman–Crippen LogP) is 2.68. The quantitative estimate of drug-likeness (QED) is 0.366. The largest absolute Gasteiger partial charge is 0.467 e. The number of carbonyl (C=O) groups is 1. The normalized spacial score (nSPS) is 11.2. The van der Waals surface area contributed by atoms with E-state index in [4.69, 9.17) is 8.83 Å². The highest BCUT2D eigenvalue weighted by Gasteiger charge is 2.16. The summed E-state index contributed by atoms with van der Waals surface area (Å²) < 4.78 is 12.1. The van der Waals surface area contributed by atoms with Gasteiger partial charge in [-0.2, -0.15) is 0 Å². The average molecular weight is 398 g/mol. The van der Waals surface area contributed by atoms with Crippen LogP contribution in [-0.4, -0.2) is 26.2 Å². The first-order chi connectivity index (χ1) is 13.6. The van der Waals surface area contributed by atoms with Crippen molar-refractivity contribution in [3.05, 3.63) is 70.4 Å². The van der Waals surface area contributed by atoms with Crippen LogP contribution in [0.25, 0.3) is 11.0 Å². The molecule has 28 heavy (non-hydrogen) atoms. The zero-order chi connectivity index (χ0) is 19.5. The molecule has 2 N–H and O–H groups in total. The van der Waals surface area contributed by atoms with Gasteiger partial charge in [-0.05, 0) is 37.3 Å². The van der Waals surface area contributed by atoms with Gasteiger partial charge >= 0.3 is 0 Å². The van der Waals surface area contributed by atoms with Crippen LogP contribution >= 0.6 is 11.8 Å². The van der Waals surface area contributed by atoms with Crippen molar-refractivity contribution in [3.63, 3.8) is 0 Å². The van der Waals surface area contributed by atoms with Crippen LogP contribution in [0.5, 0.6) is 0 Å². The van der Waals surface area contributed by atoms with E-state index in [1.165, 1.54) is 16.3 Å². The lowest BCUT2D eigenvalue weighted by molar-refractivity contribution is -0.118. The Bertz CT molecular complexity index is 1140. The molecule has 0 radical (unpaired) electrons. The third-order valence-corrected chi connectivity index (χ3v) is 5.08. The predicted molar refractivity (Wildman–Crippen MR) is 104 cm³/mol. The molecule has 9 heteroatoms. The molecule has 0 aliphatic rings. The SMILES string of the molecule is Cc1cc2nc(SCC(=O)NCc3ccco3)n(Cc3ccco3)c(=O)c2[nH]1. The van der Waals surface area contributed by atoms with Gasteiger partial charge < -0.3 is 19.1 Å². The van der Waals surface area contributed by atoms with Gasteiger partial charge in [0, 0.05) is 5.69 Å². The van der Waals surface area contributed by atoms with Crippen LogP contribution in [0.15, 0.2) is 61.6 Å². The van der Waals surface area contributed by atoms with Crippen LogP contribution in [0, 0.1) is 6.92 Å². The lowest BCUT2D eigenvalue weighted by atomic mass is 10.4. The van der Waals surface area contributed by atoms with Crippen molar-refractivity contribution >= 4 is 28.7 Å². The molecule has 0 fully saturated rings. The van der Waals surface area contributed by atoms with Crippen molar-refractivity contribution in [2.45, 2.75) is 25.2 Å². The van der Waals surface area contributed by atoms with E-state index < -0.39 is 0 Å². The number of rotatable bonds is 7. The van der Waals surface area contributed by atoms with Crippen LogP contribution in [0.3, 0.4) is 0 Å². The maximum absolute atomic E-state index is 12.9. The van der Waals surface area contributed by atoms with E-state index in [2.05, 4.69) is 15.3 Å². The molecule has 0 aliphatic carbocycles. The van der Waals surface area contributed by atoms with E-state index in [9.17, 15) is 9.59 Å². The third-order valence-electron chi connectivity index (χ3n) is 4.10.